The largest absolute Gasteiger partial charge is 0.416 e. The maximum absolute atomic E-state index is 13.1. The Bertz CT molecular complexity index is 1090. The van der Waals surface area contributed by atoms with Gasteiger partial charge < -0.3 is 15.5 Å². The van der Waals surface area contributed by atoms with Gasteiger partial charge in [0.2, 0.25) is 5.91 Å². The highest BCUT2D eigenvalue weighted by atomic mass is 32.1. The Labute approximate surface area is 193 Å². The van der Waals surface area contributed by atoms with Gasteiger partial charge in [-0.25, -0.2) is 4.98 Å². The van der Waals surface area contributed by atoms with Gasteiger partial charge in [-0.3, -0.25) is 9.78 Å². The van der Waals surface area contributed by atoms with Crippen LogP contribution in [0.5, 0.6) is 0 Å². The summed E-state index contributed by atoms with van der Waals surface area (Å²) in [6.45, 7) is 2.08. The first-order valence-corrected chi connectivity index (χ1v) is 11.4. The fraction of sp³-hybridized carbons (Fsp3) is 0.348. The SMILES string of the molecule is CN1CCC(C(=O)NCc2sc(Nc3cccc(C(F)(F)F)c3)nc2-c2cccnc2)CC1. The number of aromatic nitrogens is 2. The van der Waals surface area contributed by atoms with Gasteiger partial charge in [0.15, 0.2) is 5.13 Å². The number of alkyl halides is 3. The number of piperidine rings is 1. The summed E-state index contributed by atoms with van der Waals surface area (Å²) in [5.74, 6) is -0.000286. The topological polar surface area (TPSA) is 70.2 Å². The lowest BCUT2D eigenvalue weighted by Crippen LogP contribution is -2.38. The Morgan fingerprint density at radius 1 is 1.21 bits per heavy atom. The highest BCUT2D eigenvalue weighted by molar-refractivity contribution is 7.16. The van der Waals surface area contributed by atoms with Crippen LogP contribution in [0.1, 0.15) is 23.3 Å². The van der Waals surface area contributed by atoms with Gasteiger partial charge in [0, 0.05) is 29.6 Å². The van der Waals surface area contributed by atoms with Crippen LogP contribution < -0.4 is 10.6 Å². The predicted molar refractivity (Wildman–Crippen MR) is 122 cm³/mol. The van der Waals surface area contributed by atoms with E-state index in [0.717, 1.165) is 48.5 Å². The second kappa shape index (κ2) is 9.88. The van der Waals surface area contributed by atoms with Crippen LogP contribution >= 0.6 is 11.3 Å². The molecule has 1 aliphatic rings. The average Bonchev–Trinajstić information content (AvgIpc) is 3.20. The van der Waals surface area contributed by atoms with Crippen molar-refractivity contribution in [1.82, 2.24) is 20.2 Å². The summed E-state index contributed by atoms with van der Waals surface area (Å²) in [6, 6.07) is 8.63. The van der Waals surface area contributed by atoms with E-state index in [-0.39, 0.29) is 18.4 Å². The average molecular weight is 476 g/mol. The molecule has 33 heavy (non-hydrogen) atoms. The number of thiazole rings is 1. The van der Waals surface area contributed by atoms with Crippen LogP contribution in [0, 0.1) is 5.92 Å². The number of carbonyl (C=O) groups is 1. The summed E-state index contributed by atoms with van der Waals surface area (Å²) < 4.78 is 39.2. The van der Waals surface area contributed by atoms with Crippen molar-refractivity contribution in [2.75, 3.05) is 25.5 Å². The van der Waals surface area contributed by atoms with E-state index in [1.807, 2.05) is 13.1 Å². The number of likely N-dealkylation sites (tertiary alicyclic amines) is 1. The number of hydrogen-bond acceptors (Lipinski definition) is 6. The Morgan fingerprint density at radius 2 is 2.00 bits per heavy atom. The molecule has 1 saturated heterocycles. The van der Waals surface area contributed by atoms with Crippen LogP contribution in [0.15, 0.2) is 48.8 Å². The fourth-order valence-corrected chi connectivity index (χ4v) is 4.68. The van der Waals surface area contributed by atoms with Crippen LogP contribution in [0.2, 0.25) is 0 Å². The van der Waals surface area contributed by atoms with Gasteiger partial charge in [-0.05, 0) is 63.3 Å². The van der Waals surface area contributed by atoms with E-state index in [9.17, 15) is 18.0 Å². The second-order valence-electron chi connectivity index (χ2n) is 8.03. The van der Waals surface area contributed by atoms with Crippen molar-refractivity contribution in [1.29, 1.82) is 0 Å². The molecule has 1 aromatic carbocycles. The smallest absolute Gasteiger partial charge is 0.351 e. The van der Waals surface area contributed by atoms with Gasteiger partial charge in [-0.15, -0.1) is 0 Å². The molecule has 2 aromatic heterocycles. The third-order valence-corrected chi connectivity index (χ3v) is 6.56. The normalized spacial score (nSPS) is 15.4. The molecule has 10 heteroatoms. The summed E-state index contributed by atoms with van der Waals surface area (Å²) in [7, 11) is 2.05. The van der Waals surface area contributed by atoms with Crippen molar-refractivity contribution in [2.45, 2.75) is 25.6 Å². The maximum Gasteiger partial charge on any atom is 0.416 e. The number of carbonyl (C=O) groups excluding carboxylic acids is 1. The predicted octanol–water partition coefficient (Wildman–Crippen LogP) is 4.93. The highest BCUT2D eigenvalue weighted by Gasteiger charge is 2.30. The minimum absolute atomic E-state index is 0.0148. The quantitative estimate of drug-likeness (QED) is 0.529. The van der Waals surface area contributed by atoms with E-state index in [4.69, 9.17) is 0 Å². The van der Waals surface area contributed by atoms with E-state index < -0.39 is 11.7 Å². The summed E-state index contributed by atoms with van der Waals surface area (Å²) >= 11 is 1.30. The molecule has 174 valence electrons. The molecule has 3 aromatic rings. The molecule has 0 spiro atoms. The lowest BCUT2D eigenvalue weighted by molar-refractivity contribution is -0.137. The number of amides is 1. The van der Waals surface area contributed by atoms with Crippen LogP contribution in [0.3, 0.4) is 0 Å². The summed E-state index contributed by atoms with van der Waals surface area (Å²) in [5.41, 5.74) is 0.973. The maximum atomic E-state index is 13.1. The molecule has 1 amide bonds. The molecule has 0 atom stereocenters. The van der Waals surface area contributed by atoms with E-state index in [2.05, 4.69) is 25.5 Å². The summed E-state index contributed by atoms with van der Waals surface area (Å²) in [5, 5.41) is 6.43. The Hall–Kier alpha value is -2.98. The molecule has 2 N–H and O–H groups in total. The number of benzene rings is 1. The molecule has 6 nitrogen and oxygen atoms in total. The number of rotatable bonds is 6. The van der Waals surface area contributed by atoms with E-state index in [1.54, 1.807) is 24.5 Å². The van der Waals surface area contributed by atoms with Crippen molar-refractivity contribution < 1.29 is 18.0 Å². The number of pyridine rings is 1. The summed E-state index contributed by atoms with van der Waals surface area (Å²) in [6.07, 6.45) is 0.543. The molecule has 3 heterocycles. The Kier molecular flexibility index (Phi) is 6.94. The lowest BCUT2D eigenvalue weighted by Gasteiger charge is -2.28. The first-order valence-electron chi connectivity index (χ1n) is 10.6. The molecule has 0 bridgehead atoms. The van der Waals surface area contributed by atoms with Gasteiger partial charge in [0.1, 0.15) is 0 Å². The third kappa shape index (κ3) is 5.88. The van der Waals surface area contributed by atoms with E-state index >= 15 is 0 Å². The van der Waals surface area contributed by atoms with Gasteiger partial charge in [-0.1, -0.05) is 17.4 Å². The van der Waals surface area contributed by atoms with Crippen LogP contribution in [0.4, 0.5) is 24.0 Å². The second-order valence-corrected chi connectivity index (χ2v) is 9.12. The zero-order valence-corrected chi connectivity index (χ0v) is 18.8. The van der Waals surface area contributed by atoms with Crippen LogP contribution in [-0.2, 0) is 17.5 Å². The first-order chi connectivity index (χ1) is 15.8. The monoisotopic (exact) mass is 475 g/mol. The number of hydrogen-bond donors (Lipinski definition) is 2. The molecule has 1 fully saturated rings. The third-order valence-electron chi connectivity index (χ3n) is 5.59. The number of anilines is 2. The van der Waals surface area contributed by atoms with Crippen molar-refractivity contribution in [3.05, 3.63) is 59.2 Å². The van der Waals surface area contributed by atoms with E-state index in [1.165, 1.54) is 17.4 Å². The Morgan fingerprint density at radius 3 is 2.70 bits per heavy atom. The van der Waals surface area contributed by atoms with Crippen molar-refractivity contribution in [3.8, 4) is 11.3 Å². The molecule has 1 aliphatic heterocycles. The van der Waals surface area contributed by atoms with Gasteiger partial charge in [0.25, 0.3) is 0 Å². The molecule has 0 radical (unpaired) electrons. The lowest BCUT2D eigenvalue weighted by atomic mass is 9.96. The van der Waals surface area contributed by atoms with Gasteiger partial charge in [-0.2, -0.15) is 13.2 Å². The van der Waals surface area contributed by atoms with Crippen molar-refractivity contribution in [2.24, 2.45) is 5.92 Å². The zero-order chi connectivity index (χ0) is 23.4. The number of nitrogens with one attached hydrogen (secondary N) is 2. The Balaban J connectivity index is 1.53. The zero-order valence-electron chi connectivity index (χ0n) is 18.0. The van der Waals surface area contributed by atoms with E-state index in [0.29, 0.717) is 16.5 Å². The van der Waals surface area contributed by atoms with Crippen LogP contribution in [-0.4, -0.2) is 40.9 Å². The number of halogens is 3. The first kappa shape index (κ1) is 23.2. The standard InChI is InChI=1S/C23H24F3N5OS/c1-31-10-7-15(8-11-31)21(32)28-14-19-20(16-4-3-9-27-13-16)30-22(33-19)29-18-6-2-5-17(12-18)23(24,25)26/h2-6,9,12-13,15H,7-8,10-11,14H2,1H3,(H,28,32)(H,29,30). The minimum Gasteiger partial charge on any atom is -0.351 e. The molecule has 0 saturated carbocycles. The highest BCUT2D eigenvalue weighted by Crippen LogP contribution is 2.35. The fourth-order valence-electron chi connectivity index (χ4n) is 3.73. The van der Waals surface area contributed by atoms with Crippen molar-refractivity contribution in [3.63, 3.8) is 0 Å². The number of nitrogens with zero attached hydrogens (tertiary/aromatic N) is 3. The summed E-state index contributed by atoms with van der Waals surface area (Å²) in [4.78, 5) is 24.4. The van der Waals surface area contributed by atoms with Crippen LogP contribution in [0.25, 0.3) is 11.3 Å². The minimum atomic E-state index is -4.43. The molecular formula is C23H24F3N5OS. The molecule has 0 unspecified atom stereocenters. The molecule has 4 rings (SSSR count). The molecular weight excluding hydrogens is 451 g/mol. The van der Waals surface area contributed by atoms with Gasteiger partial charge in [0.05, 0.1) is 22.7 Å². The van der Waals surface area contributed by atoms with Gasteiger partial charge >= 0.3 is 6.18 Å². The van der Waals surface area contributed by atoms with Crippen molar-refractivity contribution >= 4 is 28.1 Å². The molecule has 0 aliphatic carbocycles.